The van der Waals surface area contributed by atoms with Gasteiger partial charge in [0, 0.05) is 51.2 Å². The van der Waals surface area contributed by atoms with Crippen LogP contribution in [0.2, 0.25) is 0 Å². The molecule has 64 heavy (non-hydrogen) atoms. The average Bonchev–Trinajstić information content (AvgIpc) is 3.37. The summed E-state index contributed by atoms with van der Waals surface area (Å²) in [5.41, 5.74) is 18.7. The van der Waals surface area contributed by atoms with E-state index in [4.69, 9.17) is 0 Å². The van der Waals surface area contributed by atoms with Crippen LogP contribution in [-0.4, -0.2) is 0 Å². The Morgan fingerprint density at radius 2 is 0.547 bits per heavy atom. The van der Waals surface area contributed by atoms with Gasteiger partial charge in [0.25, 0.3) is 0 Å². The van der Waals surface area contributed by atoms with E-state index in [0.717, 1.165) is 58.3 Å². The second kappa shape index (κ2) is 18.5. The van der Waals surface area contributed by atoms with E-state index >= 15 is 0 Å². The molecule has 0 saturated heterocycles. The highest BCUT2D eigenvalue weighted by Crippen LogP contribution is 2.40. The zero-order valence-corrected chi connectivity index (χ0v) is 36.0. The van der Waals surface area contributed by atoms with Crippen LogP contribution in [0.3, 0.4) is 0 Å². The van der Waals surface area contributed by atoms with Gasteiger partial charge in [0.1, 0.15) is 0 Å². The molecule has 1 aliphatic rings. The lowest BCUT2D eigenvalue weighted by molar-refractivity contribution is 0.918. The smallest absolute Gasteiger partial charge is 0.0462 e. The van der Waals surface area contributed by atoms with Crippen molar-refractivity contribution >= 4 is 45.5 Å². The minimum Gasteiger partial charge on any atom is -0.314 e. The summed E-state index contributed by atoms with van der Waals surface area (Å²) in [6, 6.07) is 85.1. The second-order valence-corrected chi connectivity index (χ2v) is 16.2. The molecule has 308 valence electrons. The summed E-state index contributed by atoms with van der Waals surface area (Å²) < 4.78 is 0. The topological polar surface area (TPSA) is 9.72 Å². The minimum atomic E-state index is 0.996. The molecule has 0 radical (unpaired) electrons. The van der Waals surface area contributed by atoms with E-state index in [2.05, 4.69) is 276 Å². The molecule has 0 atom stereocenters. The van der Waals surface area contributed by atoms with Gasteiger partial charge in [-0.3, -0.25) is 0 Å². The molecule has 0 amide bonds. The van der Waals surface area contributed by atoms with E-state index in [0.29, 0.717) is 0 Å². The number of para-hydroxylation sites is 3. The van der Waals surface area contributed by atoms with Gasteiger partial charge >= 0.3 is 0 Å². The molecule has 0 saturated carbocycles. The van der Waals surface area contributed by atoms with Gasteiger partial charge in [-0.05, 0) is 156 Å². The Bertz CT molecular complexity index is 2940. The first-order valence-corrected chi connectivity index (χ1v) is 22.1. The highest BCUT2D eigenvalue weighted by atomic mass is 15.2. The maximum absolute atomic E-state index is 2.40. The summed E-state index contributed by atoms with van der Waals surface area (Å²) in [7, 11) is 0. The van der Waals surface area contributed by atoms with Crippen molar-refractivity contribution in [2.45, 2.75) is 19.8 Å². The van der Waals surface area contributed by atoms with Crippen LogP contribution >= 0.6 is 0 Å². The zero-order valence-electron chi connectivity index (χ0n) is 36.0. The molecule has 0 spiro atoms. The molecule has 9 aromatic carbocycles. The van der Waals surface area contributed by atoms with E-state index in [1.165, 1.54) is 44.6 Å². The number of hydrogen-bond donors (Lipinski definition) is 0. The number of allylic oxidation sites excluding steroid dienone is 4. The van der Waals surface area contributed by atoms with E-state index in [1.54, 1.807) is 0 Å². The quantitative estimate of drug-likeness (QED) is 0.122. The number of hydrogen-bond acceptors (Lipinski definition) is 3. The summed E-state index contributed by atoms with van der Waals surface area (Å²) in [5, 5.41) is 0. The molecule has 0 aliphatic heterocycles. The number of rotatable bonds is 12. The normalized spacial score (nSPS) is 12.0. The Labute approximate surface area is 377 Å². The lowest BCUT2D eigenvalue weighted by Gasteiger charge is -2.29. The average molecular weight is 824 g/mol. The van der Waals surface area contributed by atoms with Gasteiger partial charge in [-0.2, -0.15) is 0 Å². The molecular formula is C61H49N3. The molecule has 0 N–H and O–H groups in total. The fourth-order valence-electron chi connectivity index (χ4n) is 8.64. The van der Waals surface area contributed by atoms with Gasteiger partial charge in [0.15, 0.2) is 0 Å². The Morgan fingerprint density at radius 1 is 0.281 bits per heavy atom. The van der Waals surface area contributed by atoms with Crippen molar-refractivity contribution in [3.05, 3.63) is 266 Å². The van der Waals surface area contributed by atoms with Crippen LogP contribution in [-0.2, 0) is 0 Å². The first kappa shape index (κ1) is 40.0. The minimum absolute atomic E-state index is 0.996. The molecular weight excluding hydrogens is 775 g/mol. The Balaban J connectivity index is 0.893. The first-order chi connectivity index (χ1) is 31.6. The summed E-state index contributed by atoms with van der Waals surface area (Å²) in [6.45, 7) is 2.13. The third kappa shape index (κ3) is 8.66. The number of aryl methyl sites for hydroxylation is 1. The van der Waals surface area contributed by atoms with Crippen LogP contribution < -0.4 is 14.7 Å². The standard InChI is InChI=1S/C61H49N3/c1-46-22-24-47(25-23-46)48-26-38-58(39-27-48)63(55-18-10-4-11-19-55)59-42-32-51(33-43-59)52-34-44-61(45-35-52)64(56-20-12-5-13-21-56)60-40-30-50(31-41-60)49-28-36-57(37-29-49)62(53-14-6-2-7-15-53)54-16-8-3-9-17-54/h2-10,12-18,20-45H,11,19H2,1H3. The van der Waals surface area contributed by atoms with Gasteiger partial charge in [-0.15, -0.1) is 0 Å². The van der Waals surface area contributed by atoms with E-state index < -0.39 is 0 Å². The number of benzene rings is 9. The van der Waals surface area contributed by atoms with Crippen molar-refractivity contribution in [3.8, 4) is 33.4 Å². The molecule has 0 bridgehead atoms. The summed E-state index contributed by atoms with van der Waals surface area (Å²) in [4.78, 5) is 7.02. The van der Waals surface area contributed by atoms with Crippen molar-refractivity contribution in [1.82, 2.24) is 0 Å². The van der Waals surface area contributed by atoms with E-state index in [9.17, 15) is 0 Å². The van der Waals surface area contributed by atoms with Crippen LogP contribution in [0.4, 0.5) is 45.5 Å². The molecule has 0 fully saturated rings. The van der Waals surface area contributed by atoms with Crippen LogP contribution in [0.1, 0.15) is 18.4 Å². The summed E-state index contributed by atoms with van der Waals surface area (Å²) >= 11 is 0. The van der Waals surface area contributed by atoms with E-state index in [-0.39, 0.29) is 0 Å². The lowest BCUT2D eigenvalue weighted by atomic mass is 10.0. The molecule has 1 aliphatic carbocycles. The van der Waals surface area contributed by atoms with Crippen molar-refractivity contribution in [2.75, 3.05) is 14.7 Å². The molecule has 0 heterocycles. The molecule has 3 nitrogen and oxygen atoms in total. The fraction of sp³-hybridized carbons (Fsp3) is 0.0492. The molecule has 0 unspecified atom stereocenters. The SMILES string of the molecule is Cc1ccc(-c2ccc(N(C3=CC=CCC3)c3ccc(-c4ccc(N(c5ccccc5)c5ccc(-c6ccc(N(c7ccccc7)c7ccccc7)cc6)cc5)cc4)cc3)cc2)cc1. The lowest BCUT2D eigenvalue weighted by Crippen LogP contribution is -2.17. The Kier molecular flexibility index (Phi) is 11.5. The van der Waals surface area contributed by atoms with Crippen molar-refractivity contribution in [1.29, 1.82) is 0 Å². The Morgan fingerprint density at radius 3 is 0.828 bits per heavy atom. The van der Waals surface area contributed by atoms with Crippen LogP contribution in [0, 0.1) is 6.92 Å². The number of anilines is 8. The fourth-order valence-corrected chi connectivity index (χ4v) is 8.64. The maximum Gasteiger partial charge on any atom is 0.0462 e. The monoisotopic (exact) mass is 823 g/mol. The highest BCUT2D eigenvalue weighted by Gasteiger charge is 2.18. The maximum atomic E-state index is 2.40. The van der Waals surface area contributed by atoms with Crippen LogP contribution in [0.5, 0.6) is 0 Å². The molecule has 10 rings (SSSR count). The van der Waals surface area contributed by atoms with Crippen LogP contribution in [0.15, 0.2) is 261 Å². The van der Waals surface area contributed by atoms with Gasteiger partial charge in [0.05, 0.1) is 0 Å². The van der Waals surface area contributed by atoms with Crippen molar-refractivity contribution in [3.63, 3.8) is 0 Å². The van der Waals surface area contributed by atoms with Crippen molar-refractivity contribution in [2.24, 2.45) is 0 Å². The van der Waals surface area contributed by atoms with Gasteiger partial charge in [0.2, 0.25) is 0 Å². The van der Waals surface area contributed by atoms with Crippen molar-refractivity contribution < 1.29 is 0 Å². The molecule has 3 heteroatoms. The summed E-state index contributed by atoms with van der Waals surface area (Å²) in [5.74, 6) is 0. The largest absolute Gasteiger partial charge is 0.314 e. The summed E-state index contributed by atoms with van der Waals surface area (Å²) in [6.07, 6.45) is 8.71. The third-order valence-corrected chi connectivity index (χ3v) is 12.0. The first-order valence-electron chi connectivity index (χ1n) is 22.1. The van der Waals surface area contributed by atoms with E-state index in [1.807, 2.05) is 0 Å². The zero-order chi connectivity index (χ0) is 43.1. The molecule has 0 aromatic heterocycles. The predicted octanol–water partition coefficient (Wildman–Crippen LogP) is 17.3. The predicted molar refractivity (Wildman–Crippen MR) is 272 cm³/mol. The Hall–Kier alpha value is -8.14. The highest BCUT2D eigenvalue weighted by molar-refractivity contribution is 5.82. The molecule has 9 aromatic rings. The van der Waals surface area contributed by atoms with Crippen LogP contribution in [0.25, 0.3) is 33.4 Å². The van der Waals surface area contributed by atoms with Gasteiger partial charge in [-0.25, -0.2) is 0 Å². The number of nitrogens with zero attached hydrogens (tertiary/aromatic N) is 3. The van der Waals surface area contributed by atoms with Gasteiger partial charge in [-0.1, -0.05) is 157 Å². The third-order valence-electron chi connectivity index (χ3n) is 12.0. The van der Waals surface area contributed by atoms with Gasteiger partial charge < -0.3 is 14.7 Å². The second-order valence-electron chi connectivity index (χ2n) is 16.2.